The van der Waals surface area contributed by atoms with E-state index in [9.17, 15) is 8.42 Å². The number of aliphatic hydroxyl groups excluding tert-OH is 1. The highest BCUT2D eigenvalue weighted by Crippen LogP contribution is 2.27. The number of nitrogens with two attached hydrogens (primary N) is 1. The molecule has 114 valence electrons. The molecule has 4 N–H and O–H groups in total. The van der Waals surface area contributed by atoms with Gasteiger partial charge in [0.1, 0.15) is 0 Å². The fraction of sp³-hybridized carbons (Fsp3) is 0.538. The first-order valence-electron chi connectivity index (χ1n) is 6.38. The van der Waals surface area contributed by atoms with Gasteiger partial charge in [-0.1, -0.05) is 25.4 Å². The van der Waals surface area contributed by atoms with Crippen LogP contribution in [0.25, 0.3) is 0 Å². The smallest absolute Gasteiger partial charge is 0.240 e. The van der Waals surface area contributed by atoms with Gasteiger partial charge < -0.3 is 10.8 Å². The molecule has 1 unspecified atom stereocenters. The van der Waals surface area contributed by atoms with Crippen LogP contribution in [0, 0.1) is 12.8 Å². The van der Waals surface area contributed by atoms with Gasteiger partial charge in [-0.25, -0.2) is 13.1 Å². The van der Waals surface area contributed by atoms with Crippen molar-refractivity contribution in [3.8, 4) is 0 Å². The van der Waals surface area contributed by atoms with E-state index in [2.05, 4.69) is 4.72 Å². The zero-order valence-electron chi connectivity index (χ0n) is 11.9. The average molecular weight is 321 g/mol. The summed E-state index contributed by atoms with van der Waals surface area (Å²) in [5, 5.41) is 9.37. The minimum atomic E-state index is -3.69. The molecule has 0 saturated heterocycles. The second-order valence-electron chi connectivity index (χ2n) is 5.13. The van der Waals surface area contributed by atoms with E-state index in [1.165, 1.54) is 12.1 Å². The lowest BCUT2D eigenvalue weighted by Gasteiger charge is -2.21. The summed E-state index contributed by atoms with van der Waals surface area (Å²) in [6.45, 7) is 5.41. The fourth-order valence-electron chi connectivity index (χ4n) is 1.85. The molecule has 1 aromatic carbocycles. The monoisotopic (exact) mass is 320 g/mol. The Labute approximate surface area is 125 Å². The first kappa shape index (κ1) is 17.2. The maximum Gasteiger partial charge on any atom is 0.240 e. The molecule has 0 aromatic heterocycles. The van der Waals surface area contributed by atoms with Crippen LogP contribution in [0.1, 0.15) is 25.8 Å². The number of hydrogen-bond acceptors (Lipinski definition) is 4. The van der Waals surface area contributed by atoms with Gasteiger partial charge in [-0.15, -0.1) is 0 Å². The Morgan fingerprint density at radius 3 is 2.45 bits per heavy atom. The number of rotatable bonds is 6. The minimum Gasteiger partial charge on any atom is -0.397 e. The molecule has 0 amide bonds. The number of anilines is 1. The number of sulfonamides is 1. The van der Waals surface area contributed by atoms with E-state index in [1.54, 1.807) is 6.92 Å². The Morgan fingerprint density at radius 2 is 2.00 bits per heavy atom. The molecule has 0 aliphatic heterocycles. The Bertz CT molecular complexity index is 550. The molecule has 0 fully saturated rings. The van der Waals surface area contributed by atoms with Crippen molar-refractivity contribution >= 4 is 27.3 Å². The van der Waals surface area contributed by atoms with Gasteiger partial charge in [0.2, 0.25) is 10.0 Å². The zero-order valence-corrected chi connectivity index (χ0v) is 13.4. The first-order valence-corrected chi connectivity index (χ1v) is 8.24. The highest BCUT2D eigenvalue weighted by atomic mass is 35.5. The second kappa shape index (κ2) is 6.76. The normalized spacial score (nSPS) is 13.7. The van der Waals surface area contributed by atoms with Crippen molar-refractivity contribution in [2.24, 2.45) is 5.92 Å². The quantitative estimate of drug-likeness (QED) is 0.698. The fourth-order valence-corrected chi connectivity index (χ4v) is 3.50. The number of hydrogen-bond donors (Lipinski definition) is 3. The molecule has 5 nitrogen and oxygen atoms in total. The third-order valence-corrected chi connectivity index (χ3v) is 5.10. The largest absolute Gasteiger partial charge is 0.397 e. The molecule has 1 rings (SSSR count). The van der Waals surface area contributed by atoms with E-state index in [-0.39, 0.29) is 29.1 Å². The summed E-state index contributed by atoms with van der Waals surface area (Å²) in [5.74, 6) is 0.0719. The van der Waals surface area contributed by atoms with Crippen LogP contribution in [0.2, 0.25) is 5.02 Å². The van der Waals surface area contributed by atoms with Gasteiger partial charge in [-0.2, -0.15) is 0 Å². The maximum absolute atomic E-state index is 12.3. The van der Waals surface area contributed by atoms with E-state index in [0.717, 1.165) is 0 Å². The standard InChI is InChI=1S/C13H21ClN2O3S/c1-8(2)12(4-5-17)16-20(18,19)10-6-9(3)13(14)11(15)7-10/h6-8,12,16-17H,4-5,15H2,1-3H3. The molecule has 1 aromatic rings. The third-order valence-electron chi connectivity index (χ3n) is 3.12. The molecule has 0 aliphatic rings. The summed E-state index contributed by atoms with van der Waals surface area (Å²) in [4.78, 5) is 0.0838. The minimum absolute atomic E-state index is 0.0719. The maximum atomic E-state index is 12.3. The molecule has 7 heteroatoms. The number of benzene rings is 1. The predicted molar refractivity (Wildman–Crippen MR) is 81.3 cm³/mol. The summed E-state index contributed by atoms with van der Waals surface area (Å²) in [7, 11) is -3.69. The van der Waals surface area contributed by atoms with Gasteiger partial charge in [-0.3, -0.25) is 0 Å². The Morgan fingerprint density at radius 1 is 1.40 bits per heavy atom. The van der Waals surface area contributed by atoms with Crippen LogP contribution in [-0.2, 0) is 10.0 Å². The molecule has 0 saturated carbocycles. The second-order valence-corrected chi connectivity index (χ2v) is 7.22. The van der Waals surface area contributed by atoms with Crippen LogP contribution >= 0.6 is 11.6 Å². The summed E-state index contributed by atoms with van der Waals surface area (Å²) in [6, 6.07) is 2.49. The first-order chi connectivity index (χ1) is 9.19. The molecule has 0 spiro atoms. The van der Waals surface area contributed by atoms with Crippen molar-refractivity contribution < 1.29 is 13.5 Å². The lowest BCUT2D eigenvalue weighted by Crippen LogP contribution is -2.39. The van der Waals surface area contributed by atoms with Crippen molar-refractivity contribution in [3.05, 3.63) is 22.7 Å². The molecular formula is C13H21ClN2O3S. The van der Waals surface area contributed by atoms with Crippen molar-refractivity contribution in [1.29, 1.82) is 0 Å². The van der Waals surface area contributed by atoms with Crippen LogP contribution in [0.5, 0.6) is 0 Å². The Balaban J connectivity index is 3.10. The lowest BCUT2D eigenvalue weighted by molar-refractivity contribution is 0.256. The molecule has 0 bridgehead atoms. The van der Waals surface area contributed by atoms with Crippen LogP contribution in [0.3, 0.4) is 0 Å². The highest BCUT2D eigenvalue weighted by molar-refractivity contribution is 7.89. The highest BCUT2D eigenvalue weighted by Gasteiger charge is 2.23. The summed E-state index contributed by atoms with van der Waals surface area (Å²) < 4.78 is 27.3. The summed E-state index contributed by atoms with van der Waals surface area (Å²) in [6.07, 6.45) is 0.360. The van der Waals surface area contributed by atoms with E-state index < -0.39 is 10.0 Å². The van der Waals surface area contributed by atoms with E-state index in [1.807, 2.05) is 13.8 Å². The van der Waals surface area contributed by atoms with Crippen LogP contribution < -0.4 is 10.5 Å². The van der Waals surface area contributed by atoms with Gasteiger partial charge >= 0.3 is 0 Å². The van der Waals surface area contributed by atoms with E-state index in [4.69, 9.17) is 22.4 Å². The number of aliphatic hydroxyl groups is 1. The summed E-state index contributed by atoms with van der Waals surface area (Å²) in [5.41, 5.74) is 6.54. The Hall–Kier alpha value is -0.820. The molecule has 0 radical (unpaired) electrons. The summed E-state index contributed by atoms with van der Waals surface area (Å²) >= 11 is 5.93. The topological polar surface area (TPSA) is 92.4 Å². The van der Waals surface area contributed by atoms with Crippen molar-refractivity contribution in [3.63, 3.8) is 0 Å². The zero-order chi connectivity index (χ0) is 15.5. The number of nitrogens with one attached hydrogen (secondary N) is 1. The average Bonchev–Trinajstić information content (AvgIpc) is 2.34. The van der Waals surface area contributed by atoms with Crippen molar-refractivity contribution in [1.82, 2.24) is 4.72 Å². The van der Waals surface area contributed by atoms with Gasteiger partial charge in [0.05, 0.1) is 15.6 Å². The third kappa shape index (κ3) is 4.09. The van der Waals surface area contributed by atoms with E-state index in [0.29, 0.717) is 17.0 Å². The Kier molecular flexibility index (Phi) is 5.82. The predicted octanol–water partition coefficient (Wildman–Crippen LogP) is 1.92. The van der Waals surface area contributed by atoms with Gasteiger partial charge in [0, 0.05) is 12.6 Å². The van der Waals surface area contributed by atoms with Crippen LogP contribution in [0.4, 0.5) is 5.69 Å². The van der Waals surface area contributed by atoms with E-state index >= 15 is 0 Å². The number of nitrogen functional groups attached to an aromatic ring is 1. The van der Waals surface area contributed by atoms with Crippen LogP contribution in [-0.4, -0.2) is 26.2 Å². The van der Waals surface area contributed by atoms with Gasteiger partial charge in [-0.05, 0) is 37.0 Å². The molecular weight excluding hydrogens is 300 g/mol. The van der Waals surface area contributed by atoms with Gasteiger partial charge in [0.25, 0.3) is 0 Å². The number of halogens is 1. The molecule has 1 atom stereocenters. The molecule has 0 aliphatic carbocycles. The number of aryl methyl sites for hydroxylation is 1. The van der Waals surface area contributed by atoms with Crippen LogP contribution in [0.15, 0.2) is 17.0 Å². The van der Waals surface area contributed by atoms with Crippen molar-refractivity contribution in [2.45, 2.75) is 38.1 Å². The SMILES string of the molecule is Cc1cc(S(=O)(=O)NC(CCO)C(C)C)cc(N)c1Cl. The van der Waals surface area contributed by atoms with Gasteiger partial charge in [0.15, 0.2) is 0 Å². The lowest BCUT2D eigenvalue weighted by atomic mass is 10.0. The molecule has 20 heavy (non-hydrogen) atoms. The van der Waals surface area contributed by atoms with Crippen molar-refractivity contribution in [2.75, 3.05) is 12.3 Å². The molecule has 0 heterocycles.